The number of nitrogens with one attached hydrogen (secondary N) is 2. The SMILES string of the molecule is Cc1ncsc1-c1ccc(CNC(=O)[C@@H]2C[C@@H](O)CN2C(=O)[C@@H](NC(=O)CCOCCOCCOCCOCCC(=O)N2CCN(CCOc3ccc(/C(=C(/CCCl)c4ccccc4)c4ccccc4)cc3)CC2)C(C)(C)C)cc1. The summed E-state index contributed by atoms with van der Waals surface area (Å²) >= 11 is 7.91. The molecule has 7 rings (SSSR count). The topological polar surface area (TPSA) is 181 Å². The number of carbonyl (C=O) groups excluding carboxylic acids is 4. The Morgan fingerprint density at radius 3 is 1.90 bits per heavy atom. The van der Waals surface area contributed by atoms with Crippen molar-refractivity contribution < 1.29 is 48.0 Å². The Balaban J connectivity index is 0.691. The summed E-state index contributed by atoms with van der Waals surface area (Å²) in [5, 5.41) is 16.4. The van der Waals surface area contributed by atoms with Gasteiger partial charge in [-0.3, -0.25) is 24.1 Å². The Kier molecular flexibility index (Phi) is 24.5. The highest BCUT2D eigenvalue weighted by Gasteiger charge is 2.44. The molecule has 3 heterocycles. The summed E-state index contributed by atoms with van der Waals surface area (Å²) in [5.74, 6) is 0.267. The molecule has 80 heavy (non-hydrogen) atoms. The molecule has 0 aliphatic carbocycles. The van der Waals surface area contributed by atoms with Crippen LogP contribution in [0.1, 0.15) is 74.4 Å². The highest BCUT2D eigenvalue weighted by molar-refractivity contribution is 7.13. The summed E-state index contributed by atoms with van der Waals surface area (Å²) in [6.45, 7) is 14.5. The maximum Gasteiger partial charge on any atom is 0.246 e. The lowest BCUT2D eigenvalue weighted by molar-refractivity contribution is -0.144. The van der Waals surface area contributed by atoms with E-state index in [0.29, 0.717) is 71.6 Å². The van der Waals surface area contributed by atoms with E-state index >= 15 is 0 Å². The van der Waals surface area contributed by atoms with Crippen LogP contribution in [0.25, 0.3) is 21.6 Å². The highest BCUT2D eigenvalue weighted by atomic mass is 35.5. The van der Waals surface area contributed by atoms with Gasteiger partial charge in [-0.05, 0) is 69.9 Å². The first-order chi connectivity index (χ1) is 38.8. The van der Waals surface area contributed by atoms with Gasteiger partial charge in [-0.15, -0.1) is 22.9 Å². The quantitative estimate of drug-likeness (QED) is 0.0230. The molecule has 1 aromatic heterocycles. The van der Waals surface area contributed by atoms with Crippen LogP contribution in [0.4, 0.5) is 0 Å². The van der Waals surface area contributed by atoms with E-state index in [1.807, 2.05) is 86.6 Å². The van der Waals surface area contributed by atoms with Crippen LogP contribution in [0, 0.1) is 12.3 Å². The van der Waals surface area contributed by atoms with Crippen molar-refractivity contribution in [2.24, 2.45) is 5.41 Å². The number of allylic oxidation sites excluding steroid dienone is 1. The predicted molar refractivity (Wildman–Crippen MR) is 313 cm³/mol. The van der Waals surface area contributed by atoms with Crippen molar-refractivity contribution in [3.05, 3.63) is 143 Å². The van der Waals surface area contributed by atoms with Gasteiger partial charge in [-0.25, -0.2) is 4.98 Å². The molecule has 0 unspecified atom stereocenters. The molecule has 0 bridgehead atoms. The van der Waals surface area contributed by atoms with E-state index < -0.39 is 29.5 Å². The smallest absolute Gasteiger partial charge is 0.246 e. The van der Waals surface area contributed by atoms with Crippen molar-refractivity contribution in [2.45, 2.75) is 78.1 Å². The first-order valence-electron chi connectivity index (χ1n) is 27.8. The molecule has 430 valence electrons. The molecule has 2 aliphatic heterocycles. The number of aliphatic hydroxyl groups excluding tert-OH is 1. The zero-order chi connectivity index (χ0) is 56.7. The Labute approximate surface area is 480 Å². The van der Waals surface area contributed by atoms with Gasteiger partial charge in [0.1, 0.15) is 24.4 Å². The fraction of sp³-hybridized carbons (Fsp3) is 0.468. The second-order valence-corrected chi connectivity index (χ2v) is 22.2. The minimum Gasteiger partial charge on any atom is -0.492 e. The van der Waals surface area contributed by atoms with E-state index in [1.165, 1.54) is 16.0 Å². The second-order valence-electron chi connectivity index (χ2n) is 21.0. The van der Waals surface area contributed by atoms with Crippen molar-refractivity contribution in [2.75, 3.05) is 105 Å². The number of carbonyl (C=O) groups is 4. The minimum absolute atomic E-state index is 0.00687. The first-order valence-corrected chi connectivity index (χ1v) is 29.2. The second kappa shape index (κ2) is 31.8. The van der Waals surface area contributed by atoms with Crippen LogP contribution < -0.4 is 15.4 Å². The van der Waals surface area contributed by atoms with Crippen molar-refractivity contribution in [3.63, 3.8) is 0 Å². The molecule has 5 aromatic rings. The van der Waals surface area contributed by atoms with Gasteiger partial charge >= 0.3 is 0 Å². The van der Waals surface area contributed by atoms with E-state index in [2.05, 4.69) is 81.2 Å². The molecule has 0 spiro atoms. The van der Waals surface area contributed by atoms with Gasteiger partial charge in [0, 0.05) is 64.5 Å². The number of hydrogen-bond donors (Lipinski definition) is 3. The Hall–Kier alpha value is -6.02. The number of benzene rings is 4. The third-order valence-electron chi connectivity index (χ3n) is 14.1. The number of piperazine rings is 1. The number of β-amino-alcohol motifs (C(OH)–C–C–N with tert-alkyl or cyclic N) is 1. The molecule has 4 aromatic carbocycles. The van der Waals surface area contributed by atoms with Crippen LogP contribution in [0.15, 0.2) is 115 Å². The fourth-order valence-corrected chi connectivity index (χ4v) is 10.8. The summed E-state index contributed by atoms with van der Waals surface area (Å²) in [6, 6.07) is 35.2. The number of likely N-dealkylation sites (tertiary alicyclic amines) is 1. The lowest BCUT2D eigenvalue weighted by Gasteiger charge is -2.35. The van der Waals surface area contributed by atoms with E-state index in [-0.39, 0.29) is 56.9 Å². The highest BCUT2D eigenvalue weighted by Crippen LogP contribution is 2.36. The Morgan fingerprint density at radius 2 is 1.31 bits per heavy atom. The van der Waals surface area contributed by atoms with Gasteiger partial charge in [0.15, 0.2) is 0 Å². The van der Waals surface area contributed by atoms with Crippen LogP contribution in [0.5, 0.6) is 5.75 Å². The normalized spacial score (nSPS) is 16.5. The van der Waals surface area contributed by atoms with Gasteiger partial charge in [-0.2, -0.15) is 0 Å². The van der Waals surface area contributed by atoms with E-state index in [4.69, 9.17) is 35.3 Å². The number of alkyl halides is 1. The van der Waals surface area contributed by atoms with E-state index in [1.54, 1.807) is 11.3 Å². The lowest BCUT2D eigenvalue weighted by atomic mass is 9.85. The van der Waals surface area contributed by atoms with Crippen molar-refractivity contribution in [1.29, 1.82) is 0 Å². The summed E-state index contributed by atoms with van der Waals surface area (Å²) in [7, 11) is 0. The van der Waals surface area contributed by atoms with Gasteiger partial charge in [0.25, 0.3) is 0 Å². The molecule has 2 aliphatic rings. The third kappa shape index (κ3) is 18.8. The summed E-state index contributed by atoms with van der Waals surface area (Å²) in [4.78, 5) is 64.4. The minimum atomic E-state index is -0.933. The average molecular weight is 1140 g/mol. The zero-order valence-corrected chi connectivity index (χ0v) is 48.3. The summed E-state index contributed by atoms with van der Waals surface area (Å²) in [5.41, 5.74) is 9.83. The average Bonchev–Trinajstić information content (AvgIpc) is 4.10. The molecule has 16 nitrogen and oxygen atoms in total. The molecular formula is C62H79ClN6O10S. The number of aromatic nitrogens is 1. The first kappa shape index (κ1) is 61.6. The number of amides is 4. The van der Waals surface area contributed by atoms with E-state index in [0.717, 1.165) is 70.2 Å². The molecule has 2 fully saturated rings. The van der Waals surface area contributed by atoms with E-state index in [9.17, 15) is 24.3 Å². The molecule has 4 amide bonds. The number of aryl methyl sites for hydroxylation is 1. The maximum atomic E-state index is 14.0. The number of thiazole rings is 1. The van der Waals surface area contributed by atoms with Gasteiger partial charge in [0.05, 0.1) is 81.5 Å². The fourth-order valence-electron chi connectivity index (χ4n) is 9.76. The predicted octanol–water partition coefficient (Wildman–Crippen LogP) is 7.89. The standard InChI is InChI=1S/C62H79ClN6O10S/c1-45-58(80-44-65-45)50-17-15-46(16-18-50)42-64-60(73)54-41-51(70)43-69(54)61(74)59(62(2,3)4)66-55(71)24-32-75-35-37-77-39-40-78-38-36-76-33-25-56(72)68-29-27-67(28-30-68)31-34-79-52-21-19-49(20-22-52)57(48-13-9-6-10-14-48)53(23-26-63)47-11-7-5-8-12-47/h5-22,44,51,54,59,70H,23-43H2,1-4H3,(H,64,73)(H,66,71)/b57-53-/t51-,54+,59-/m1/s1. The molecule has 2 saturated heterocycles. The number of rotatable bonds is 30. The van der Waals surface area contributed by atoms with Gasteiger partial charge in [0.2, 0.25) is 23.6 Å². The monoisotopic (exact) mass is 1130 g/mol. The van der Waals surface area contributed by atoms with Crippen LogP contribution in [-0.4, -0.2) is 171 Å². The zero-order valence-electron chi connectivity index (χ0n) is 46.7. The molecule has 0 radical (unpaired) electrons. The number of nitrogens with zero attached hydrogens (tertiary/aromatic N) is 4. The maximum absolute atomic E-state index is 14.0. The molecule has 3 N–H and O–H groups in total. The third-order valence-corrected chi connectivity index (χ3v) is 15.3. The summed E-state index contributed by atoms with van der Waals surface area (Å²) in [6.07, 6.45) is 0.321. The Morgan fingerprint density at radius 1 is 0.725 bits per heavy atom. The van der Waals surface area contributed by atoms with Crippen molar-refractivity contribution in [1.82, 2.24) is 30.3 Å². The lowest BCUT2D eigenvalue weighted by Crippen LogP contribution is -2.57. The van der Waals surface area contributed by atoms with Gasteiger partial charge in [-0.1, -0.05) is 118 Å². The van der Waals surface area contributed by atoms with Crippen LogP contribution in [0.2, 0.25) is 0 Å². The van der Waals surface area contributed by atoms with Gasteiger partial charge < -0.3 is 49.2 Å². The number of aliphatic hydroxyl groups is 1. The Bertz CT molecular complexity index is 2730. The molecule has 0 saturated carbocycles. The number of hydrogen-bond acceptors (Lipinski definition) is 13. The number of ether oxygens (including phenoxy) is 5. The van der Waals surface area contributed by atoms with Crippen molar-refractivity contribution in [3.8, 4) is 16.2 Å². The molecule has 3 atom stereocenters. The molecular weight excluding hydrogens is 1060 g/mol. The van der Waals surface area contributed by atoms with Crippen molar-refractivity contribution >= 4 is 57.7 Å². The number of halogens is 1. The van der Waals surface area contributed by atoms with Crippen LogP contribution >= 0.6 is 22.9 Å². The molecule has 18 heteroatoms. The summed E-state index contributed by atoms with van der Waals surface area (Å²) < 4.78 is 28.7. The van der Waals surface area contributed by atoms with Crippen LogP contribution in [0.3, 0.4) is 0 Å². The largest absolute Gasteiger partial charge is 0.492 e. The van der Waals surface area contributed by atoms with Crippen LogP contribution in [-0.2, 0) is 44.7 Å².